The molecule has 1 aromatic carbocycles. The van der Waals surface area contributed by atoms with E-state index in [1.807, 2.05) is 31.2 Å². The number of nitrogens with one attached hydrogen (secondary N) is 1. The highest BCUT2D eigenvalue weighted by atomic mass is 79.9. The van der Waals surface area contributed by atoms with Gasteiger partial charge < -0.3 is 10.4 Å². The number of aryl methyl sites for hydroxylation is 1. The summed E-state index contributed by atoms with van der Waals surface area (Å²) in [5.41, 5.74) is 3.37. The summed E-state index contributed by atoms with van der Waals surface area (Å²) in [6.45, 7) is 3.37. The van der Waals surface area contributed by atoms with Crippen LogP contribution < -0.4 is 5.32 Å². The molecule has 0 saturated carbocycles. The molecule has 0 bridgehead atoms. The van der Waals surface area contributed by atoms with Crippen molar-refractivity contribution in [2.24, 2.45) is 0 Å². The normalized spacial score (nSPS) is 12.6. The molecule has 0 saturated heterocycles. The Morgan fingerprint density at radius 3 is 2.83 bits per heavy atom. The molecule has 4 heteroatoms. The topological polar surface area (TPSA) is 32.3 Å². The summed E-state index contributed by atoms with van der Waals surface area (Å²) >= 11 is 5.12. The second-order valence-electron chi connectivity index (χ2n) is 4.26. The molecule has 2 nitrogen and oxygen atoms in total. The minimum absolute atomic E-state index is 0.451. The fourth-order valence-corrected chi connectivity index (χ4v) is 3.07. The summed E-state index contributed by atoms with van der Waals surface area (Å²) in [5.74, 6) is 0. The molecule has 18 heavy (non-hydrogen) atoms. The highest BCUT2D eigenvalue weighted by molar-refractivity contribution is 9.11. The van der Waals surface area contributed by atoms with Gasteiger partial charge in [0.05, 0.1) is 9.89 Å². The fraction of sp³-hybridized carbons (Fsp3) is 0.286. The molecule has 0 aliphatic rings. The Morgan fingerprint density at radius 2 is 2.17 bits per heavy atom. The number of hydrogen-bond acceptors (Lipinski definition) is 3. The lowest BCUT2D eigenvalue weighted by molar-refractivity contribution is 0.173. The summed E-state index contributed by atoms with van der Waals surface area (Å²) in [6, 6.07) is 10.0. The Kier molecular flexibility index (Phi) is 4.95. The Balaban J connectivity index is 1.85. The zero-order valence-corrected chi connectivity index (χ0v) is 12.6. The molecule has 2 rings (SSSR count). The van der Waals surface area contributed by atoms with Crippen LogP contribution in [-0.2, 0) is 6.54 Å². The number of rotatable bonds is 5. The lowest BCUT2D eigenvalue weighted by Crippen LogP contribution is -2.21. The van der Waals surface area contributed by atoms with Crippen molar-refractivity contribution in [1.29, 1.82) is 0 Å². The average molecular weight is 326 g/mol. The molecule has 1 unspecified atom stereocenters. The van der Waals surface area contributed by atoms with Gasteiger partial charge in [0.25, 0.3) is 0 Å². The highest BCUT2D eigenvalue weighted by Gasteiger charge is 2.09. The van der Waals surface area contributed by atoms with E-state index in [9.17, 15) is 5.11 Å². The molecule has 0 amide bonds. The number of thiophene rings is 1. The van der Waals surface area contributed by atoms with Gasteiger partial charge in [-0.2, -0.15) is 0 Å². The van der Waals surface area contributed by atoms with E-state index in [1.54, 1.807) is 11.3 Å². The van der Waals surface area contributed by atoms with Gasteiger partial charge in [-0.3, -0.25) is 0 Å². The van der Waals surface area contributed by atoms with Crippen molar-refractivity contribution in [3.05, 3.63) is 56.2 Å². The number of aliphatic hydroxyl groups is 1. The number of halogens is 1. The molecule has 2 N–H and O–H groups in total. The first-order valence-electron chi connectivity index (χ1n) is 5.84. The van der Waals surface area contributed by atoms with E-state index in [0.717, 1.165) is 21.5 Å². The van der Waals surface area contributed by atoms with E-state index >= 15 is 0 Å². The van der Waals surface area contributed by atoms with E-state index in [1.165, 1.54) is 5.56 Å². The maximum Gasteiger partial charge on any atom is 0.0917 e. The number of benzene rings is 1. The first-order chi connectivity index (χ1) is 8.66. The Hall–Kier alpha value is -0.680. The molecule has 0 radical (unpaired) electrons. The Labute approximate surface area is 120 Å². The van der Waals surface area contributed by atoms with Crippen molar-refractivity contribution >= 4 is 27.3 Å². The smallest absolute Gasteiger partial charge is 0.0917 e. The van der Waals surface area contributed by atoms with E-state index in [-0.39, 0.29) is 0 Å². The third-order valence-corrected chi connectivity index (χ3v) is 4.39. The van der Waals surface area contributed by atoms with Gasteiger partial charge in [0, 0.05) is 13.1 Å². The van der Waals surface area contributed by atoms with Crippen LogP contribution in [0.4, 0.5) is 0 Å². The van der Waals surface area contributed by atoms with E-state index in [0.29, 0.717) is 6.54 Å². The SMILES string of the molecule is Cc1ccccc1C(O)CNCc1csc(Br)c1. The maximum absolute atomic E-state index is 10.1. The number of aliphatic hydroxyl groups excluding tert-OH is 1. The van der Waals surface area contributed by atoms with Crippen LogP contribution in [0.15, 0.2) is 39.5 Å². The highest BCUT2D eigenvalue weighted by Crippen LogP contribution is 2.21. The second-order valence-corrected chi connectivity index (χ2v) is 6.55. The molecular formula is C14H16BrNOS. The summed E-state index contributed by atoms with van der Waals surface area (Å²) in [6.07, 6.45) is -0.451. The van der Waals surface area contributed by atoms with Crippen molar-refractivity contribution in [3.8, 4) is 0 Å². The molecule has 0 aliphatic heterocycles. The van der Waals surface area contributed by atoms with Gasteiger partial charge in [0.1, 0.15) is 0 Å². The Bertz CT molecular complexity index is 512. The standard InChI is InChI=1S/C14H16BrNOS/c1-10-4-2-3-5-12(10)13(17)8-16-7-11-6-14(15)18-9-11/h2-6,9,13,16-17H,7-8H2,1H3. The van der Waals surface area contributed by atoms with Crippen molar-refractivity contribution in [2.75, 3.05) is 6.54 Å². The van der Waals surface area contributed by atoms with Gasteiger partial charge in [-0.05, 0) is 51.0 Å². The maximum atomic E-state index is 10.1. The van der Waals surface area contributed by atoms with Gasteiger partial charge in [-0.1, -0.05) is 24.3 Å². The van der Waals surface area contributed by atoms with Gasteiger partial charge >= 0.3 is 0 Å². The van der Waals surface area contributed by atoms with Crippen LogP contribution in [0, 0.1) is 6.92 Å². The Morgan fingerprint density at radius 1 is 1.39 bits per heavy atom. The predicted octanol–water partition coefficient (Wildman–Crippen LogP) is 3.64. The van der Waals surface area contributed by atoms with E-state index in [4.69, 9.17) is 0 Å². The van der Waals surface area contributed by atoms with Crippen LogP contribution in [0.25, 0.3) is 0 Å². The van der Waals surface area contributed by atoms with Crippen LogP contribution in [0.1, 0.15) is 22.8 Å². The molecular weight excluding hydrogens is 310 g/mol. The third kappa shape index (κ3) is 3.65. The van der Waals surface area contributed by atoms with Crippen molar-refractivity contribution in [2.45, 2.75) is 19.6 Å². The van der Waals surface area contributed by atoms with Crippen LogP contribution in [0.2, 0.25) is 0 Å². The first-order valence-corrected chi connectivity index (χ1v) is 7.51. The van der Waals surface area contributed by atoms with Gasteiger partial charge in [-0.15, -0.1) is 11.3 Å². The molecule has 1 atom stereocenters. The third-order valence-electron chi connectivity index (χ3n) is 2.84. The predicted molar refractivity (Wildman–Crippen MR) is 79.9 cm³/mol. The quantitative estimate of drug-likeness (QED) is 0.879. The monoisotopic (exact) mass is 325 g/mol. The number of hydrogen-bond donors (Lipinski definition) is 2. The zero-order chi connectivity index (χ0) is 13.0. The fourth-order valence-electron chi connectivity index (χ4n) is 1.86. The summed E-state index contributed by atoms with van der Waals surface area (Å²) in [7, 11) is 0. The van der Waals surface area contributed by atoms with Gasteiger partial charge in [0.15, 0.2) is 0 Å². The second kappa shape index (κ2) is 6.48. The van der Waals surface area contributed by atoms with E-state index < -0.39 is 6.10 Å². The molecule has 0 fully saturated rings. The van der Waals surface area contributed by atoms with Crippen LogP contribution in [0.5, 0.6) is 0 Å². The molecule has 1 aromatic heterocycles. The van der Waals surface area contributed by atoms with Crippen molar-refractivity contribution in [3.63, 3.8) is 0 Å². The lowest BCUT2D eigenvalue weighted by Gasteiger charge is -2.14. The first kappa shape index (κ1) is 13.7. The van der Waals surface area contributed by atoms with Gasteiger partial charge in [-0.25, -0.2) is 0 Å². The minimum Gasteiger partial charge on any atom is -0.387 e. The van der Waals surface area contributed by atoms with E-state index in [2.05, 4.69) is 32.7 Å². The molecule has 1 heterocycles. The molecule has 96 valence electrons. The summed E-state index contributed by atoms with van der Waals surface area (Å²) < 4.78 is 1.14. The van der Waals surface area contributed by atoms with Crippen LogP contribution in [-0.4, -0.2) is 11.7 Å². The minimum atomic E-state index is -0.451. The van der Waals surface area contributed by atoms with Gasteiger partial charge in [0.2, 0.25) is 0 Å². The summed E-state index contributed by atoms with van der Waals surface area (Å²) in [4.78, 5) is 0. The zero-order valence-electron chi connectivity index (χ0n) is 10.2. The van der Waals surface area contributed by atoms with Crippen molar-refractivity contribution in [1.82, 2.24) is 5.32 Å². The summed E-state index contributed by atoms with van der Waals surface area (Å²) in [5, 5.41) is 15.5. The molecule has 0 aliphatic carbocycles. The van der Waals surface area contributed by atoms with Crippen LogP contribution >= 0.6 is 27.3 Å². The van der Waals surface area contributed by atoms with Crippen LogP contribution in [0.3, 0.4) is 0 Å². The van der Waals surface area contributed by atoms with Crippen molar-refractivity contribution < 1.29 is 5.11 Å². The lowest BCUT2D eigenvalue weighted by atomic mass is 10.0. The molecule has 2 aromatic rings. The largest absolute Gasteiger partial charge is 0.387 e. The molecule has 0 spiro atoms. The average Bonchev–Trinajstić information content (AvgIpc) is 2.75.